The van der Waals surface area contributed by atoms with Crippen molar-refractivity contribution in [2.24, 2.45) is 11.3 Å². The Labute approximate surface area is 80.3 Å². The van der Waals surface area contributed by atoms with Crippen LogP contribution in [0.5, 0.6) is 0 Å². The first-order chi connectivity index (χ1) is 5.97. The highest BCUT2D eigenvalue weighted by Gasteiger charge is 2.45. The predicted molar refractivity (Wildman–Crippen MR) is 53.4 cm³/mol. The molecular weight excluding hydrogens is 164 g/mol. The van der Waals surface area contributed by atoms with Crippen molar-refractivity contribution in [2.75, 3.05) is 13.6 Å². The second-order valence-corrected chi connectivity index (χ2v) is 4.65. The second kappa shape index (κ2) is 3.66. The van der Waals surface area contributed by atoms with E-state index < -0.39 is 0 Å². The van der Waals surface area contributed by atoms with Crippen molar-refractivity contribution < 1.29 is 4.79 Å². The van der Waals surface area contributed by atoms with Crippen LogP contribution < -0.4 is 10.6 Å². The van der Waals surface area contributed by atoms with Crippen LogP contribution in [0.3, 0.4) is 0 Å². The summed E-state index contributed by atoms with van der Waals surface area (Å²) in [5, 5.41) is 5.87. The van der Waals surface area contributed by atoms with E-state index in [4.69, 9.17) is 0 Å². The topological polar surface area (TPSA) is 41.1 Å². The molecule has 0 aliphatic heterocycles. The Morgan fingerprint density at radius 3 is 2.54 bits per heavy atom. The SMILES string of the molecule is CNC(C)C(=O)NCC1CC1(C)C. The highest BCUT2D eigenvalue weighted by atomic mass is 16.2. The fourth-order valence-electron chi connectivity index (χ4n) is 1.43. The molecule has 76 valence electrons. The van der Waals surface area contributed by atoms with E-state index in [1.165, 1.54) is 6.42 Å². The van der Waals surface area contributed by atoms with E-state index in [1.54, 1.807) is 7.05 Å². The maximum Gasteiger partial charge on any atom is 0.236 e. The lowest BCUT2D eigenvalue weighted by Gasteiger charge is -2.11. The van der Waals surface area contributed by atoms with Gasteiger partial charge in [0, 0.05) is 6.54 Å². The number of hydrogen-bond donors (Lipinski definition) is 2. The van der Waals surface area contributed by atoms with E-state index in [-0.39, 0.29) is 11.9 Å². The lowest BCUT2D eigenvalue weighted by molar-refractivity contribution is -0.122. The van der Waals surface area contributed by atoms with Gasteiger partial charge in [0.25, 0.3) is 0 Å². The molecule has 1 amide bonds. The molecule has 2 unspecified atom stereocenters. The molecule has 0 spiro atoms. The Bertz CT molecular complexity index is 201. The standard InChI is InChI=1S/C10H20N2O/c1-7(11-4)9(13)12-6-8-5-10(8,2)3/h7-8,11H,5-6H2,1-4H3,(H,12,13). The summed E-state index contributed by atoms with van der Waals surface area (Å²) in [5.74, 6) is 0.783. The molecule has 0 heterocycles. The van der Waals surface area contributed by atoms with Crippen molar-refractivity contribution in [1.82, 2.24) is 10.6 Å². The minimum absolute atomic E-state index is 0.0816. The molecule has 13 heavy (non-hydrogen) atoms. The lowest BCUT2D eigenvalue weighted by Crippen LogP contribution is -2.41. The molecule has 1 fully saturated rings. The maximum absolute atomic E-state index is 11.3. The van der Waals surface area contributed by atoms with Gasteiger partial charge in [0.1, 0.15) is 0 Å². The maximum atomic E-state index is 11.3. The first kappa shape index (κ1) is 10.5. The Balaban J connectivity index is 2.17. The molecule has 0 aromatic heterocycles. The molecule has 0 aromatic carbocycles. The molecule has 0 radical (unpaired) electrons. The van der Waals surface area contributed by atoms with Gasteiger partial charge in [0.15, 0.2) is 0 Å². The van der Waals surface area contributed by atoms with Crippen molar-refractivity contribution in [2.45, 2.75) is 33.2 Å². The van der Waals surface area contributed by atoms with Crippen LogP contribution in [0.4, 0.5) is 0 Å². The number of rotatable bonds is 4. The molecular formula is C10H20N2O. The third-order valence-electron chi connectivity index (χ3n) is 3.07. The van der Waals surface area contributed by atoms with Gasteiger partial charge in [-0.15, -0.1) is 0 Å². The largest absolute Gasteiger partial charge is 0.354 e. The van der Waals surface area contributed by atoms with Gasteiger partial charge in [-0.25, -0.2) is 0 Å². The molecule has 0 bridgehead atoms. The molecule has 3 nitrogen and oxygen atoms in total. The van der Waals surface area contributed by atoms with Gasteiger partial charge in [0.05, 0.1) is 6.04 Å². The van der Waals surface area contributed by atoms with Crippen molar-refractivity contribution in [3.8, 4) is 0 Å². The molecule has 0 saturated heterocycles. The fourth-order valence-corrected chi connectivity index (χ4v) is 1.43. The third-order valence-corrected chi connectivity index (χ3v) is 3.07. The summed E-state index contributed by atoms with van der Waals surface area (Å²) < 4.78 is 0. The first-order valence-electron chi connectivity index (χ1n) is 4.92. The smallest absolute Gasteiger partial charge is 0.236 e. The van der Waals surface area contributed by atoms with Crippen LogP contribution in [0.25, 0.3) is 0 Å². The van der Waals surface area contributed by atoms with Crippen molar-refractivity contribution in [1.29, 1.82) is 0 Å². The number of nitrogens with one attached hydrogen (secondary N) is 2. The molecule has 3 heteroatoms. The monoisotopic (exact) mass is 184 g/mol. The van der Waals surface area contributed by atoms with E-state index in [0.717, 1.165) is 6.54 Å². The number of carbonyl (C=O) groups is 1. The molecule has 0 aromatic rings. The average Bonchev–Trinajstić information content (AvgIpc) is 2.68. The summed E-state index contributed by atoms with van der Waals surface area (Å²) in [6.07, 6.45) is 1.24. The molecule has 2 N–H and O–H groups in total. The molecule has 1 saturated carbocycles. The first-order valence-corrected chi connectivity index (χ1v) is 4.92. The van der Waals surface area contributed by atoms with E-state index in [0.29, 0.717) is 11.3 Å². The van der Waals surface area contributed by atoms with Crippen molar-refractivity contribution >= 4 is 5.91 Å². The number of amides is 1. The summed E-state index contributed by atoms with van der Waals surface area (Å²) >= 11 is 0. The highest BCUT2D eigenvalue weighted by Crippen LogP contribution is 2.50. The third kappa shape index (κ3) is 2.69. The average molecular weight is 184 g/mol. The van der Waals surface area contributed by atoms with Gasteiger partial charge < -0.3 is 10.6 Å². The molecule has 2 atom stereocenters. The van der Waals surface area contributed by atoms with Crippen LogP contribution in [0.15, 0.2) is 0 Å². The van der Waals surface area contributed by atoms with Gasteiger partial charge in [0.2, 0.25) is 5.91 Å². The summed E-state index contributed by atoms with van der Waals surface area (Å²) in [4.78, 5) is 11.3. The van der Waals surface area contributed by atoms with Crippen LogP contribution >= 0.6 is 0 Å². The van der Waals surface area contributed by atoms with Crippen LogP contribution in [-0.2, 0) is 4.79 Å². The number of carbonyl (C=O) groups excluding carboxylic acids is 1. The van der Waals surface area contributed by atoms with E-state index in [1.807, 2.05) is 6.92 Å². The number of hydrogen-bond acceptors (Lipinski definition) is 2. The minimum Gasteiger partial charge on any atom is -0.354 e. The van der Waals surface area contributed by atoms with Gasteiger partial charge in [-0.2, -0.15) is 0 Å². The zero-order chi connectivity index (χ0) is 10.1. The van der Waals surface area contributed by atoms with Gasteiger partial charge in [-0.05, 0) is 31.7 Å². The van der Waals surface area contributed by atoms with Crippen LogP contribution in [0, 0.1) is 11.3 Å². The lowest BCUT2D eigenvalue weighted by atomic mass is 10.1. The highest BCUT2D eigenvalue weighted by molar-refractivity contribution is 5.81. The summed E-state index contributed by atoms with van der Waals surface area (Å²) in [7, 11) is 1.80. The minimum atomic E-state index is -0.0816. The van der Waals surface area contributed by atoms with Gasteiger partial charge >= 0.3 is 0 Å². The van der Waals surface area contributed by atoms with Crippen molar-refractivity contribution in [3.05, 3.63) is 0 Å². The Kier molecular flexibility index (Phi) is 2.96. The molecule has 1 aliphatic carbocycles. The molecule has 1 aliphatic rings. The van der Waals surface area contributed by atoms with Crippen LogP contribution in [0.1, 0.15) is 27.2 Å². The summed E-state index contributed by atoms with van der Waals surface area (Å²) in [5.41, 5.74) is 0.455. The summed E-state index contributed by atoms with van der Waals surface area (Å²) in [6.45, 7) is 7.18. The Hall–Kier alpha value is -0.570. The van der Waals surface area contributed by atoms with E-state index in [9.17, 15) is 4.79 Å². The second-order valence-electron chi connectivity index (χ2n) is 4.65. The molecule has 1 rings (SSSR count). The van der Waals surface area contributed by atoms with Gasteiger partial charge in [-0.3, -0.25) is 4.79 Å². The zero-order valence-electron chi connectivity index (χ0n) is 8.98. The number of likely N-dealkylation sites (N-methyl/N-ethyl adjacent to an activating group) is 1. The van der Waals surface area contributed by atoms with E-state index in [2.05, 4.69) is 24.5 Å². The fraction of sp³-hybridized carbons (Fsp3) is 0.900. The zero-order valence-corrected chi connectivity index (χ0v) is 8.98. The normalized spacial score (nSPS) is 26.6. The van der Waals surface area contributed by atoms with Crippen LogP contribution in [-0.4, -0.2) is 25.5 Å². The Morgan fingerprint density at radius 2 is 2.15 bits per heavy atom. The predicted octanol–water partition coefficient (Wildman–Crippen LogP) is 0.757. The summed E-state index contributed by atoms with van der Waals surface area (Å²) in [6, 6.07) is -0.0816. The van der Waals surface area contributed by atoms with E-state index >= 15 is 0 Å². The van der Waals surface area contributed by atoms with Crippen LogP contribution in [0.2, 0.25) is 0 Å². The Morgan fingerprint density at radius 1 is 1.62 bits per heavy atom. The van der Waals surface area contributed by atoms with Crippen molar-refractivity contribution in [3.63, 3.8) is 0 Å². The quantitative estimate of drug-likeness (QED) is 0.677. The van der Waals surface area contributed by atoms with Gasteiger partial charge in [-0.1, -0.05) is 13.8 Å².